The van der Waals surface area contributed by atoms with Crippen molar-refractivity contribution >= 4 is 6.03 Å². The molecule has 158 valence electrons. The van der Waals surface area contributed by atoms with Crippen LogP contribution in [-0.4, -0.2) is 38.9 Å². The number of amides is 2. The largest absolute Gasteiger partial charge is 0.419 e. The summed E-state index contributed by atoms with van der Waals surface area (Å²) in [5.74, 6) is 2.87. The fourth-order valence-electron chi connectivity index (χ4n) is 4.16. The zero-order valence-electron chi connectivity index (χ0n) is 18.0. The molecule has 1 aliphatic carbocycles. The van der Waals surface area contributed by atoms with E-state index in [-0.39, 0.29) is 6.03 Å². The Labute approximate surface area is 172 Å². The van der Waals surface area contributed by atoms with Crippen LogP contribution >= 0.6 is 0 Å². The van der Waals surface area contributed by atoms with Crippen molar-refractivity contribution in [2.75, 3.05) is 13.1 Å². The Morgan fingerprint density at radius 3 is 2.79 bits per heavy atom. The molecule has 0 aromatic carbocycles. The number of hydrogen-bond acceptors (Lipinski definition) is 5. The fraction of sp³-hybridized carbons (Fsp3) is 0.619. The number of nitrogens with zero attached hydrogens (tertiary/aromatic N) is 4. The highest BCUT2D eigenvalue weighted by molar-refractivity contribution is 5.73. The van der Waals surface area contributed by atoms with Crippen molar-refractivity contribution in [3.63, 3.8) is 0 Å². The van der Waals surface area contributed by atoms with E-state index < -0.39 is 0 Å². The van der Waals surface area contributed by atoms with Gasteiger partial charge in [-0.1, -0.05) is 25.5 Å². The van der Waals surface area contributed by atoms with Gasteiger partial charge < -0.3 is 19.6 Å². The number of carbonyl (C=O) groups is 1. The van der Waals surface area contributed by atoms with E-state index in [1.54, 1.807) is 12.5 Å². The topological polar surface area (TPSA) is 97.9 Å². The van der Waals surface area contributed by atoms with Gasteiger partial charge in [-0.25, -0.2) is 9.78 Å². The van der Waals surface area contributed by atoms with E-state index >= 15 is 0 Å². The lowest BCUT2D eigenvalue weighted by Gasteiger charge is -2.37. The summed E-state index contributed by atoms with van der Waals surface area (Å²) >= 11 is 0. The van der Waals surface area contributed by atoms with Crippen molar-refractivity contribution in [1.29, 1.82) is 0 Å². The van der Waals surface area contributed by atoms with Gasteiger partial charge in [0, 0.05) is 26.6 Å². The molecule has 2 amide bonds. The highest BCUT2D eigenvalue weighted by Gasteiger charge is 2.32. The van der Waals surface area contributed by atoms with Crippen LogP contribution in [0.15, 0.2) is 28.6 Å². The molecule has 0 unspecified atom stereocenters. The SMILES string of the molecule is CCNC(=O)NC[C@H]1C=C(C)[C@H](Cc2nnc(-c3cncn3C)o2)C[C@H]1C(C)C. The predicted octanol–water partition coefficient (Wildman–Crippen LogP) is 3.19. The zero-order valence-corrected chi connectivity index (χ0v) is 18.0. The number of aromatic nitrogens is 4. The van der Waals surface area contributed by atoms with Gasteiger partial charge in [0.1, 0.15) is 5.69 Å². The number of imidazole rings is 1. The first kappa shape index (κ1) is 21.1. The number of hydrogen-bond donors (Lipinski definition) is 2. The van der Waals surface area contributed by atoms with E-state index in [1.807, 2.05) is 18.5 Å². The Morgan fingerprint density at radius 1 is 1.34 bits per heavy atom. The van der Waals surface area contributed by atoms with Gasteiger partial charge >= 0.3 is 6.03 Å². The van der Waals surface area contributed by atoms with Crippen molar-refractivity contribution in [3.8, 4) is 11.6 Å². The van der Waals surface area contributed by atoms with Gasteiger partial charge in [-0.3, -0.25) is 0 Å². The number of nitrogens with one attached hydrogen (secondary N) is 2. The molecule has 0 fully saturated rings. The molecule has 0 aliphatic heterocycles. The Hall–Kier alpha value is -2.64. The van der Waals surface area contributed by atoms with Crippen LogP contribution in [-0.2, 0) is 13.5 Å². The second-order valence-electron chi connectivity index (χ2n) is 8.25. The first-order valence-electron chi connectivity index (χ1n) is 10.4. The molecule has 2 heterocycles. The molecule has 3 atom stereocenters. The molecular formula is C21H32N6O2. The number of allylic oxidation sites excluding steroid dienone is 1. The first-order valence-corrected chi connectivity index (χ1v) is 10.4. The quantitative estimate of drug-likeness (QED) is 0.696. The molecule has 0 radical (unpaired) electrons. The molecular weight excluding hydrogens is 368 g/mol. The smallest absolute Gasteiger partial charge is 0.314 e. The predicted molar refractivity (Wildman–Crippen MR) is 111 cm³/mol. The van der Waals surface area contributed by atoms with Crippen LogP contribution < -0.4 is 10.6 Å². The van der Waals surface area contributed by atoms with Gasteiger partial charge in [-0.05, 0) is 43.9 Å². The number of urea groups is 1. The number of aryl methyl sites for hydroxylation is 1. The lowest BCUT2D eigenvalue weighted by Crippen LogP contribution is -2.41. The van der Waals surface area contributed by atoms with Gasteiger partial charge in [0.15, 0.2) is 0 Å². The Morgan fingerprint density at radius 2 is 2.14 bits per heavy atom. The molecule has 8 heteroatoms. The monoisotopic (exact) mass is 400 g/mol. The third kappa shape index (κ3) is 5.05. The number of rotatable bonds is 7. The van der Waals surface area contributed by atoms with E-state index in [0.29, 0.717) is 48.5 Å². The van der Waals surface area contributed by atoms with Gasteiger partial charge in [0.2, 0.25) is 5.89 Å². The lowest BCUT2D eigenvalue weighted by atomic mass is 9.70. The average molecular weight is 401 g/mol. The van der Waals surface area contributed by atoms with Crippen molar-refractivity contribution in [1.82, 2.24) is 30.4 Å². The molecule has 0 saturated heterocycles. The third-order valence-electron chi connectivity index (χ3n) is 5.84. The Balaban J connectivity index is 1.69. The normalized spacial score (nSPS) is 21.9. The van der Waals surface area contributed by atoms with Crippen molar-refractivity contribution < 1.29 is 9.21 Å². The maximum atomic E-state index is 11.8. The van der Waals surface area contributed by atoms with Crippen molar-refractivity contribution in [3.05, 3.63) is 30.1 Å². The molecule has 8 nitrogen and oxygen atoms in total. The van der Waals surface area contributed by atoms with Crippen LogP contribution in [0.4, 0.5) is 4.79 Å². The second kappa shape index (κ2) is 9.24. The summed E-state index contributed by atoms with van der Waals surface area (Å²) < 4.78 is 7.78. The lowest BCUT2D eigenvalue weighted by molar-refractivity contribution is 0.211. The van der Waals surface area contributed by atoms with E-state index in [2.05, 4.69) is 52.7 Å². The molecule has 3 rings (SSSR count). The standard InChI is InChI=1S/C21H32N6O2/c1-6-23-21(28)24-10-16-7-14(4)15(8-17(16)13(2)3)9-19-25-26-20(29-19)18-11-22-12-27(18)5/h7,11-13,15-17H,6,8-10H2,1-5H3,(H2,23,24,28)/t15-,16+,17-/m0/s1. The van der Waals surface area contributed by atoms with Crippen LogP contribution in [0.3, 0.4) is 0 Å². The first-order chi connectivity index (χ1) is 13.9. The molecule has 29 heavy (non-hydrogen) atoms. The van der Waals surface area contributed by atoms with Crippen LogP contribution in [0.1, 0.15) is 40.0 Å². The summed E-state index contributed by atoms with van der Waals surface area (Å²) in [7, 11) is 1.91. The maximum Gasteiger partial charge on any atom is 0.314 e. The Bertz CT molecular complexity index is 853. The van der Waals surface area contributed by atoms with E-state index in [1.165, 1.54) is 5.57 Å². The molecule has 1 aliphatic rings. The molecule has 0 spiro atoms. The maximum absolute atomic E-state index is 11.8. The summed E-state index contributed by atoms with van der Waals surface area (Å²) in [6.07, 6.45) is 7.54. The van der Waals surface area contributed by atoms with E-state index in [4.69, 9.17) is 4.42 Å². The summed E-state index contributed by atoms with van der Waals surface area (Å²) in [4.78, 5) is 15.9. The van der Waals surface area contributed by atoms with Crippen LogP contribution in [0, 0.1) is 23.7 Å². The van der Waals surface area contributed by atoms with Gasteiger partial charge in [-0.2, -0.15) is 0 Å². The summed E-state index contributed by atoms with van der Waals surface area (Å²) in [6, 6.07) is -0.100. The van der Waals surface area contributed by atoms with Gasteiger partial charge in [0.05, 0.1) is 12.5 Å². The molecule has 2 aromatic rings. The molecule has 2 N–H and O–H groups in total. The average Bonchev–Trinajstić information content (AvgIpc) is 3.30. The zero-order chi connectivity index (χ0) is 21.0. The minimum Gasteiger partial charge on any atom is -0.419 e. The van der Waals surface area contributed by atoms with Gasteiger partial charge in [0.25, 0.3) is 5.89 Å². The second-order valence-corrected chi connectivity index (χ2v) is 8.25. The highest BCUT2D eigenvalue weighted by Crippen LogP contribution is 2.38. The van der Waals surface area contributed by atoms with Crippen molar-refractivity contribution in [2.45, 2.75) is 40.5 Å². The Kier molecular flexibility index (Phi) is 6.71. The molecule has 2 aromatic heterocycles. The van der Waals surface area contributed by atoms with Gasteiger partial charge in [-0.15, -0.1) is 10.2 Å². The highest BCUT2D eigenvalue weighted by atomic mass is 16.4. The molecule has 0 bridgehead atoms. The van der Waals surface area contributed by atoms with Crippen LogP contribution in [0.2, 0.25) is 0 Å². The summed E-state index contributed by atoms with van der Waals surface area (Å²) in [5, 5.41) is 14.3. The van der Waals surface area contributed by atoms with E-state index in [0.717, 1.165) is 18.5 Å². The van der Waals surface area contributed by atoms with Crippen LogP contribution in [0.5, 0.6) is 0 Å². The molecule has 0 saturated carbocycles. The third-order valence-corrected chi connectivity index (χ3v) is 5.84. The van der Waals surface area contributed by atoms with Crippen LogP contribution in [0.25, 0.3) is 11.6 Å². The van der Waals surface area contributed by atoms with Crippen molar-refractivity contribution in [2.24, 2.45) is 30.7 Å². The fourth-order valence-corrected chi connectivity index (χ4v) is 4.16. The minimum atomic E-state index is -0.100. The summed E-state index contributed by atoms with van der Waals surface area (Å²) in [5.41, 5.74) is 2.14. The minimum absolute atomic E-state index is 0.100. The summed E-state index contributed by atoms with van der Waals surface area (Å²) in [6.45, 7) is 9.88. The van der Waals surface area contributed by atoms with E-state index in [9.17, 15) is 4.79 Å². The number of carbonyl (C=O) groups excluding carboxylic acids is 1.